The van der Waals surface area contributed by atoms with Crippen LogP contribution in [0.5, 0.6) is 0 Å². The Morgan fingerprint density at radius 3 is 2.57 bits per heavy atom. The van der Waals surface area contributed by atoms with Crippen LogP contribution in [0.4, 0.5) is 0 Å². The third kappa shape index (κ3) is 2.01. The molecule has 2 aliphatic rings. The average molecular weight is 283 g/mol. The van der Waals surface area contributed by atoms with Crippen LogP contribution in [0.25, 0.3) is 0 Å². The van der Waals surface area contributed by atoms with Crippen molar-refractivity contribution in [1.29, 1.82) is 0 Å². The van der Waals surface area contributed by atoms with Crippen molar-refractivity contribution in [2.45, 2.75) is 56.4 Å². The van der Waals surface area contributed by atoms with Crippen LogP contribution in [-0.2, 0) is 18.3 Å². The van der Waals surface area contributed by atoms with E-state index in [2.05, 4.69) is 36.3 Å². The molecule has 110 valence electrons. The fraction of sp³-hybridized carbons (Fsp3) is 0.529. The second-order valence-corrected chi connectivity index (χ2v) is 6.75. The molecule has 0 spiro atoms. The molecule has 0 saturated heterocycles. The first-order valence-electron chi connectivity index (χ1n) is 7.83. The summed E-state index contributed by atoms with van der Waals surface area (Å²) in [5.41, 5.74) is 8.94. The lowest BCUT2D eigenvalue weighted by molar-refractivity contribution is 0.276. The molecule has 0 amide bonds. The van der Waals surface area contributed by atoms with Gasteiger partial charge in [0.15, 0.2) is 5.82 Å². The van der Waals surface area contributed by atoms with E-state index in [-0.39, 0.29) is 11.5 Å². The van der Waals surface area contributed by atoms with Crippen LogP contribution in [0.3, 0.4) is 0 Å². The maximum atomic E-state index is 6.25. The molecule has 2 unspecified atom stereocenters. The zero-order valence-electron chi connectivity index (χ0n) is 12.4. The molecule has 0 radical (unpaired) electrons. The fourth-order valence-corrected chi connectivity index (χ4v) is 3.83. The van der Waals surface area contributed by atoms with Gasteiger partial charge in [-0.3, -0.25) is 0 Å². The standard InChI is InChI=1S/C17H21N3O/c1-17(8-4-7-14(17)18)16-19-15(20-21-16)13-9-11-5-2-3-6-12(11)10-13/h2-3,5-6,13-14H,4,7-10,18H2,1H3. The summed E-state index contributed by atoms with van der Waals surface area (Å²) in [6, 6.07) is 8.73. The molecule has 21 heavy (non-hydrogen) atoms. The van der Waals surface area contributed by atoms with Crippen molar-refractivity contribution < 1.29 is 4.52 Å². The maximum Gasteiger partial charge on any atom is 0.234 e. The minimum atomic E-state index is -0.142. The average Bonchev–Trinajstić information content (AvgIpc) is 3.18. The topological polar surface area (TPSA) is 64.9 Å². The van der Waals surface area contributed by atoms with Gasteiger partial charge in [0.05, 0.1) is 5.41 Å². The van der Waals surface area contributed by atoms with Crippen molar-refractivity contribution in [3.8, 4) is 0 Å². The van der Waals surface area contributed by atoms with Crippen LogP contribution >= 0.6 is 0 Å². The van der Waals surface area contributed by atoms with Gasteiger partial charge >= 0.3 is 0 Å². The van der Waals surface area contributed by atoms with Crippen molar-refractivity contribution >= 4 is 0 Å². The Hall–Kier alpha value is -1.68. The third-order valence-electron chi connectivity index (χ3n) is 5.38. The molecule has 4 heteroatoms. The highest BCUT2D eigenvalue weighted by Crippen LogP contribution is 2.40. The summed E-state index contributed by atoms with van der Waals surface area (Å²) < 4.78 is 5.59. The maximum absolute atomic E-state index is 6.25. The van der Waals surface area contributed by atoms with Gasteiger partial charge in [-0.1, -0.05) is 35.8 Å². The quantitative estimate of drug-likeness (QED) is 0.920. The number of hydrogen-bond donors (Lipinski definition) is 1. The van der Waals surface area contributed by atoms with Gasteiger partial charge in [-0.25, -0.2) is 0 Å². The second kappa shape index (κ2) is 4.67. The number of aromatic nitrogens is 2. The monoisotopic (exact) mass is 283 g/mol. The largest absolute Gasteiger partial charge is 0.339 e. The van der Waals surface area contributed by atoms with Gasteiger partial charge in [0.2, 0.25) is 5.89 Å². The van der Waals surface area contributed by atoms with E-state index >= 15 is 0 Å². The van der Waals surface area contributed by atoms with Gasteiger partial charge in [-0.05, 0) is 43.7 Å². The first-order chi connectivity index (χ1) is 10.2. The molecule has 2 aromatic rings. The molecule has 2 atom stereocenters. The summed E-state index contributed by atoms with van der Waals surface area (Å²) in [6.07, 6.45) is 5.25. The lowest BCUT2D eigenvalue weighted by Crippen LogP contribution is -2.38. The number of rotatable bonds is 2. The number of fused-ring (bicyclic) bond motifs is 1. The van der Waals surface area contributed by atoms with Crippen molar-refractivity contribution in [1.82, 2.24) is 10.1 Å². The Kier molecular flexibility index (Phi) is 2.89. The Labute approximate surface area is 124 Å². The Morgan fingerprint density at radius 2 is 1.95 bits per heavy atom. The zero-order valence-corrected chi connectivity index (χ0v) is 12.4. The van der Waals surface area contributed by atoms with Crippen LogP contribution in [0.2, 0.25) is 0 Å². The van der Waals surface area contributed by atoms with E-state index in [9.17, 15) is 0 Å². The number of nitrogens with two attached hydrogens (primary N) is 1. The summed E-state index contributed by atoms with van der Waals surface area (Å²) in [5.74, 6) is 1.93. The van der Waals surface area contributed by atoms with Gasteiger partial charge in [-0.15, -0.1) is 0 Å². The number of benzene rings is 1. The van der Waals surface area contributed by atoms with E-state index < -0.39 is 0 Å². The first kappa shape index (κ1) is 13.0. The highest BCUT2D eigenvalue weighted by molar-refractivity contribution is 5.35. The summed E-state index contributed by atoms with van der Waals surface area (Å²) in [5, 5.41) is 4.26. The summed E-state index contributed by atoms with van der Waals surface area (Å²) in [4.78, 5) is 4.72. The lowest BCUT2D eigenvalue weighted by atomic mass is 9.85. The van der Waals surface area contributed by atoms with Crippen molar-refractivity contribution in [3.05, 3.63) is 47.1 Å². The normalized spacial score (nSPS) is 29.0. The smallest absolute Gasteiger partial charge is 0.234 e. The molecule has 1 saturated carbocycles. The zero-order chi connectivity index (χ0) is 14.4. The van der Waals surface area contributed by atoms with E-state index in [1.807, 2.05) is 0 Å². The van der Waals surface area contributed by atoms with Gasteiger partial charge in [0.25, 0.3) is 0 Å². The molecule has 1 aromatic carbocycles. The molecule has 1 heterocycles. The van der Waals surface area contributed by atoms with E-state index in [1.54, 1.807) is 0 Å². The molecule has 1 aromatic heterocycles. The number of hydrogen-bond acceptors (Lipinski definition) is 4. The highest BCUT2D eigenvalue weighted by atomic mass is 16.5. The second-order valence-electron chi connectivity index (χ2n) is 6.75. The molecule has 1 fully saturated rings. The van der Waals surface area contributed by atoms with E-state index in [0.717, 1.165) is 43.8 Å². The van der Waals surface area contributed by atoms with Crippen LogP contribution in [0.15, 0.2) is 28.8 Å². The van der Waals surface area contributed by atoms with E-state index in [0.29, 0.717) is 5.92 Å². The SMILES string of the molecule is CC1(c2nc(C3Cc4ccccc4C3)no2)CCCC1N. The van der Waals surface area contributed by atoms with Crippen LogP contribution < -0.4 is 5.73 Å². The Morgan fingerprint density at radius 1 is 1.24 bits per heavy atom. The molecule has 2 N–H and O–H groups in total. The van der Waals surface area contributed by atoms with Gasteiger partial charge in [-0.2, -0.15) is 4.98 Å². The molecule has 2 aliphatic carbocycles. The van der Waals surface area contributed by atoms with Gasteiger partial charge < -0.3 is 10.3 Å². The molecular weight excluding hydrogens is 262 g/mol. The predicted octanol–water partition coefficient (Wildman–Crippen LogP) is 2.72. The third-order valence-corrected chi connectivity index (χ3v) is 5.38. The molecular formula is C17H21N3O. The summed E-state index contributed by atoms with van der Waals surface area (Å²) in [6.45, 7) is 2.16. The van der Waals surface area contributed by atoms with Crippen molar-refractivity contribution in [2.75, 3.05) is 0 Å². The van der Waals surface area contributed by atoms with Crippen LogP contribution in [0.1, 0.15) is 54.9 Å². The molecule has 4 rings (SSSR count). The van der Waals surface area contributed by atoms with Gasteiger partial charge in [0, 0.05) is 12.0 Å². The van der Waals surface area contributed by atoms with Crippen molar-refractivity contribution in [2.24, 2.45) is 5.73 Å². The van der Waals surface area contributed by atoms with E-state index in [1.165, 1.54) is 11.1 Å². The molecule has 0 bridgehead atoms. The minimum absolute atomic E-state index is 0.131. The Balaban J connectivity index is 1.59. The van der Waals surface area contributed by atoms with E-state index in [4.69, 9.17) is 15.2 Å². The van der Waals surface area contributed by atoms with Gasteiger partial charge in [0.1, 0.15) is 0 Å². The molecule has 0 aliphatic heterocycles. The minimum Gasteiger partial charge on any atom is -0.339 e. The summed E-state index contributed by atoms with van der Waals surface area (Å²) in [7, 11) is 0. The highest BCUT2D eigenvalue weighted by Gasteiger charge is 2.43. The number of nitrogens with zero attached hydrogens (tertiary/aromatic N) is 2. The summed E-state index contributed by atoms with van der Waals surface area (Å²) >= 11 is 0. The first-order valence-corrected chi connectivity index (χ1v) is 7.83. The fourth-order valence-electron chi connectivity index (χ4n) is 3.83. The Bertz CT molecular complexity index is 641. The van der Waals surface area contributed by atoms with Crippen molar-refractivity contribution in [3.63, 3.8) is 0 Å². The van der Waals surface area contributed by atoms with Crippen LogP contribution in [-0.4, -0.2) is 16.2 Å². The molecule has 4 nitrogen and oxygen atoms in total. The predicted molar refractivity (Wildman–Crippen MR) is 80.1 cm³/mol. The van der Waals surface area contributed by atoms with Crippen LogP contribution in [0, 0.1) is 0 Å². The lowest BCUT2D eigenvalue weighted by Gasteiger charge is -2.23.